The summed E-state index contributed by atoms with van der Waals surface area (Å²) >= 11 is 0. The summed E-state index contributed by atoms with van der Waals surface area (Å²) in [5.74, 6) is 0.477. The van der Waals surface area contributed by atoms with E-state index in [1.165, 1.54) is 10.7 Å². The molecule has 1 atom stereocenters. The maximum atomic E-state index is 13.4. The molecule has 1 fully saturated rings. The third kappa shape index (κ3) is 4.33. The molecule has 1 aromatic carbocycles. The molecule has 35 heavy (non-hydrogen) atoms. The van der Waals surface area contributed by atoms with Gasteiger partial charge in [0.05, 0.1) is 6.54 Å². The van der Waals surface area contributed by atoms with Gasteiger partial charge in [-0.1, -0.05) is 25.8 Å². The van der Waals surface area contributed by atoms with Crippen LogP contribution in [0.3, 0.4) is 0 Å². The zero-order valence-corrected chi connectivity index (χ0v) is 20.1. The summed E-state index contributed by atoms with van der Waals surface area (Å²) < 4.78 is 12.2. The molecule has 3 heterocycles. The van der Waals surface area contributed by atoms with Gasteiger partial charge in [0.2, 0.25) is 12.7 Å². The monoisotopic (exact) mass is 481 g/mol. The lowest BCUT2D eigenvalue weighted by atomic mass is 9.94. The van der Waals surface area contributed by atoms with E-state index in [1.54, 1.807) is 17.9 Å². The van der Waals surface area contributed by atoms with Gasteiger partial charge in [-0.15, -0.1) is 0 Å². The van der Waals surface area contributed by atoms with Crippen LogP contribution in [0.1, 0.15) is 72.5 Å². The number of carbonyl (C=O) groups is 3. The molecule has 1 saturated carbocycles. The predicted molar refractivity (Wildman–Crippen MR) is 126 cm³/mol. The SMILES string of the molecule is CCCN1C(=O)c2cc(C(=O)NCc3ccc4c(c3)OCO4)nn2C[C@@]1(C)C(=O)NC1CCCC1. The normalized spacial score (nSPS) is 21.2. The maximum absolute atomic E-state index is 13.4. The van der Waals surface area contributed by atoms with Crippen molar-refractivity contribution in [2.45, 2.75) is 70.6 Å². The van der Waals surface area contributed by atoms with Crippen LogP contribution < -0.4 is 20.1 Å². The van der Waals surface area contributed by atoms with E-state index in [0.717, 1.165) is 37.7 Å². The van der Waals surface area contributed by atoms with E-state index in [-0.39, 0.29) is 43.4 Å². The maximum Gasteiger partial charge on any atom is 0.273 e. The fourth-order valence-corrected chi connectivity index (χ4v) is 5.06. The summed E-state index contributed by atoms with van der Waals surface area (Å²) in [6.45, 7) is 4.87. The van der Waals surface area contributed by atoms with Crippen molar-refractivity contribution >= 4 is 17.7 Å². The molecule has 5 rings (SSSR count). The number of ether oxygens (including phenoxy) is 2. The third-order valence-electron chi connectivity index (χ3n) is 7.05. The molecule has 0 unspecified atom stereocenters. The van der Waals surface area contributed by atoms with E-state index in [4.69, 9.17) is 9.47 Å². The van der Waals surface area contributed by atoms with Gasteiger partial charge in [0.1, 0.15) is 11.2 Å². The van der Waals surface area contributed by atoms with E-state index in [9.17, 15) is 14.4 Å². The first-order chi connectivity index (χ1) is 16.9. The first-order valence-corrected chi connectivity index (χ1v) is 12.3. The number of rotatable bonds is 7. The minimum atomic E-state index is -1.07. The molecule has 0 bridgehead atoms. The van der Waals surface area contributed by atoms with Crippen molar-refractivity contribution < 1.29 is 23.9 Å². The zero-order valence-electron chi connectivity index (χ0n) is 20.1. The molecule has 0 spiro atoms. The zero-order chi connectivity index (χ0) is 24.6. The molecule has 10 heteroatoms. The van der Waals surface area contributed by atoms with Gasteiger partial charge in [-0.2, -0.15) is 5.10 Å². The van der Waals surface area contributed by atoms with Crippen molar-refractivity contribution in [3.8, 4) is 11.5 Å². The summed E-state index contributed by atoms with van der Waals surface area (Å²) in [4.78, 5) is 41.3. The summed E-state index contributed by atoms with van der Waals surface area (Å²) in [7, 11) is 0. The molecule has 1 aliphatic carbocycles. The predicted octanol–water partition coefficient (Wildman–Crippen LogP) is 2.23. The second kappa shape index (κ2) is 9.24. The van der Waals surface area contributed by atoms with Crippen LogP contribution in [0.15, 0.2) is 24.3 Å². The average Bonchev–Trinajstić information content (AvgIpc) is 3.60. The van der Waals surface area contributed by atoms with Crippen molar-refractivity contribution in [3.05, 3.63) is 41.2 Å². The van der Waals surface area contributed by atoms with Gasteiger partial charge >= 0.3 is 0 Å². The molecule has 3 amide bonds. The topological polar surface area (TPSA) is 115 Å². The first-order valence-electron chi connectivity index (χ1n) is 12.3. The van der Waals surface area contributed by atoms with Gasteiger partial charge in [-0.25, -0.2) is 0 Å². The Bertz CT molecular complexity index is 1160. The Labute approximate surface area is 203 Å². The van der Waals surface area contributed by atoms with E-state index < -0.39 is 11.4 Å². The molecule has 2 N–H and O–H groups in total. The minimum absolute atomic E-state index is 0.144. The van der Waals surface area contributed by atoms with E-state index in [0.29, 0.717) is 23.7 Å². The van der Waals surface area contributed by atoms with E-state index in [2.05, 4.69) is 15.7 Å². The molecular formula is C25H31N5O5. The largest absolute Gasteiger partial charge is 0.454 e. The first kappa shape index (κ1) is 23.2. The lowest BCUT2D eigenvalue weighted by Gasteiger charge is -2.43. The van der Waals surface area contributed by atoms with Gasteiger partial charge in [0.25, 0.3) is 11.8 Å². The van der Waals surface area contributed by atoms with Gasteiger partial charge in [0.15, 0.2) is 17.2 Å². The van der Waals surface area contributed by atoms with E-state index >= 15 is 0 Å². The Kier molecular flexibility index (Phi) is 6.12. The van der Waals surface area contributed by atoms with Gasteiger partial charge in [-0.3, -0.25) is 19.1 Å². The molecule has 186 valence electrons. The number of nitrogens with zero attached hydrogens (tertiary/aromatic N) is 3. The average molecular weight is 482 g/mol. The minimum Gasteiger partial charge on any atom is -0.454 e. The lowest BCUT2D eigenvalue weighted by Crippen LogP contribution is -2.65. The Morgan fingerprint density at radius 2 is 1.94 bits per heavy atom. The van der Waals surface area contributed by atoms with Crippen molar-refractivity contribution in [2.75, 3.05) is 13.3 Å². The van der Waals surface area contributed by atoms with Gasteiger partial charge < -0.3 is 25.0 Å². The number of amides is 3. The second-order valence-electron chi connectivity index (χ2n) is 9.63. The highest BCUT2D eigenvalue weighted by Gasteiger charge is 2.48. The molecular weight excluding hydrogens is 450 g/mol. The summed E-state index contributed by atoms with van der Waals surface area (Å²) in [5, 5.41) is 10.4. The highest BCUT2D eigenvalue weighted by atomic mass is 16.7. The van der Waals surface area contributed by atoms with Crippen molar-refractivity contribution in [1.82, 2.24) is 25.3 Å². The number of benzene rings is 1. The summed E-state index contributed by atoms with van der Waals surface area (Å²) in [6, 6.07) is 7.13. The second-order valence-corrected chi connectivity index (χ2v) is 9.63. The Hall–Kier alpha value is -3.56. The number of hydrogen-bond donors (Lipinski definition) is 2. The quantitative estimate of drug-likeness (QED) is 0.627. The molecule has 2 aromatic rings. The van der Waals surface area contributed by atoms with Crippen LogP contribution in [0, 0.1) is 0 Å². The van der Waals surface area contributed by atoms with Crippen molar-refractivity contribution in [2.24, 2.45) is 0 Å². The fraction of sp³-hybridized carbons (Fsp3) is 0.520. The molecule has 3 aliphatic rings. The van der Waals surface area contributed by atoms with Crippen LogP contribution in [0.5, 0.6) is 11.5 Å². The number of aromatic nitrogens is 2. The molecule has 0 radical (unpaired) electrons. The van der Waals surface area contributed by atoms with Gasteiger partial charge in [0, 0.05) is 25.2 Å². The highest BCUT2D eigenvalue weighted by Crippen LogP contribution is 2.32. The van der Waals surface area contributed by atoms with Crippen LogP contribution in [0.2, 0.25) is 0 Å². The smallest absolute Gasteiger partial charge is 0.273 e. The van der Waals surface area contributed by atoms with Crippen LogP contribution >= 0.6 is 0 Å². The standard InChI is InChI=1S/C25H31N5O5/c1-3-10-29-23(32)19-12-18(22(31)26-13-16-8-9-20-21(11-16)35-15-34-20)28-30(19)14-25(29,2)24(33)27-17-6-4-5-7-17/h8-9,11-12,17H,3-7,10,13-15H2,1-2H3,(H,26,31)(H,27,33)/t25-/m0/s1. The van der Waals surface area contributed by atoms with Crippen LogP contribution in [0.25, 0.3) is 0 Å². The number of carbonyl (C=O) groups excluding carboxylic acids is 3. The van der Waals surface area contributed by atoms with Gasteiger partial charge in [-0.05, 0) is 43.9 Å². The third-order valence-corrected chi connectivity index (χ3v) is 7.05. The Morgan fingerprint density at radius 1 is 1.17 bits per heavy atom. The fourth-order valence-electron chi connectivity index (χ4n) is 5.06. The van der Waals surface area contributed by atoms with E-state index in [1.807, 2.05) is 19.1 Å². The van der Waals surface area contributed by atoms with Crippen LogP contribution in [-0.2, 0) is 17.9 Å². The van der Waals surface area contributed by atoms with Crippen LogP contribution in [-0.4, -0.2) is 57.3 Å². The molecule has 0 saturated heterocycles. The van der Waals surface area contributed by atoms with Crippen molar-refractivity contribution in [3.63, 3.8) is 0 Å². The molecule has 1 aromatic heterocycles. The number of fused-ring (bicyclic) bond motifs is 2. The van der Waals surface area contributed by atoms with Crippen molar-refractivity contribution in [1.29, 1.82) is 0 Å². The Morgan fingerprint density at radius 3 is 2.71 bits per heavy atom. The number of nitrogens with one attached hydrogen (secondary N) is 2. The number of hydrogen-bond acceptors (Lipinski definition) is 6. The molecule has 2 aliphatic heterocycles. The summed E-state index contributed by atoms with van der Waals surface area (Å²) in [6.07, 6.45) is 4.85. The van der Waals surface area contributed by atoms with Crippen LogP contribution in [0.4, 0.5) is 0 Å². The summed E-state index contributed by atoms with van der Waals surface area (Å²) in [5.41, 5.74) is 0.242. The Balaban J connectivity index is 1.32. The molecule has 10 nitrogen and oxygen atoms in total. The highest BCUT2D eigenvalue weighted by molar-refractivity contribution is 6.02. The lowest BCUT2D eigenvalue weighted by molar-refractivity contribution is -0.133.